The normalized spacial score (nSPS) is 12.0. The molecule has 0 unspecified atom stereocenters. The molecule has 0 saturated heterocycles. The van der Waals surface area contributed by atoms with E-state index in [1.165, 1.54) is 27.2 Å². The zero-order valence-corrected chi connectivity index (χ0v) is 24.2. The average Bonchev–Trinajstić information content (AvgIpc) is 3.76. The Bertz CT molecular complexity index is 2690. The van der Waals surface area contributed by atoms with Crippen LogP contribution in [0.1, 0.15) is 0 Å². The molecule has 0 saturated carbocycles. The van der Waals surface area contributed by atoms with E-state index in [2.05, 4.69) is 148 Å². The smallest absolute Gasteiger partial charge is 0.145 e. The molecular weight excluding hydrogens is 550 g/mol. The molecule has 0 atom stereocenters. The Hall–Kier alpha value is -6.13. The Morgan fingerprint density at radius 2 is 1.09 bits per heavy atom. The second-order valence-corrected chi connectivity index (χ2v) is 11.6. The van der Waals surface area contributed by atoms with Gasteiger partial charge in [-0.05, 0) is 77.9 Å². The molecular formula is C41H25N3O. The maximum atomic E-state index is 6.72. The highest BCUT2D eigenvalue weighted by atomic mass is 16.3. The molecule has 0 N–H and O–H groups in total. The molecule has 0 radical (unpaired) electrons. The topological polar surface area (TPSA) is 35.9 Å². The summed E-state index contributed by atoms with van der Waals surface area (Å²) in [4.78, 5) is 4.29. The number of furan rings is 1. The van der Waals surface area contributed by atoms with Crippen molar-refractivity contribution in [2.45, 2.75) is 0 Å². The van der Waals surface area contributed by atoms with Crippen molar-refractivity contribution in [1.82, 2.24) is 14.1 Å². The molecule has 45 heavy (non-hydrogen) atoms. The van der Waals surface area contributed by atoms with Crippen LogP contribution in [0.25, 0.3) is 88.1 Å². The molecule has 4 heteroatoms. The molecule has 4 nitrogen and oxygen atoms in total. The van der Waals surface area contributed by atoms with Gasteiger partial charge in [-0.1, -0.05) is 72.8 Å². The monoisotopic (exact) mass is 575 g/mol. The molecule has 4 aromatic heterocycles. The lowest BCUT2D eigenvalue weighted by Gasteiger charge is -2.09. The third-order valence-electron chi connectivity index (χ3n) is 9.21. The number of benzene rings is 6. The minimum absolute atomic E-state index is 0.889. The standard InChI is InChI=1S/C41H25N3O/c1-4-12-35-30(9-1)31-10-2-5-13-36(31)44(35)29-19-22-39-34(24-29)32-20-21-38-40(41(32)45-39)33-11-3-6-14-37(33)43(38)28-17-15-26(16-18-28)27-8-7-23-42-25-27/h1-25H. The average molecular weight is 576 g/mol. The van der Waals surface area contributed by atoms with E-state index in [-0.39, 0.29) is 0 Å². The van der Waals surface area contributed by atoms with Gasteiger partial charge in [-0.25, -0.2) is 0 Å². The van der Waals surface area contributed by atoms with E-state index in [0.717, 1.165) is 60.9 Å². The summed E-state index contributed by atoms with van der Waals surface area (Å²) in [6, 6.07) is 49.7. The first kappa shape index (κ1) is 24.3. The van der Waals surface area contributed by atoms with E-state index in [4.69, 9.17) is 4.42 Å². The summed E-state index contributed by atoms with van der Waals surface area (Å²) in [5, 5.41) is 7.06. The molecule has 0 aliphatic rings. The molecule has 210 valence electrons. The van der Waals surface area contributed by atoms with Crippen molar-refractivity contribution in [2.24, 2.45) is 0 Å². The largest absolute Gasteiger partial charge is 0.455 e. The Morgan fingerprint density at radius 1 is 0.444 bits per heavy atom. The number of nitrogens with zero attached hydrogens (tertiary/aromatic N) is 3. The molecule has 10 rings (SSSR count). The summed E-state index contributed by atoms with van der Waals surface area (Å²) in [7, 11) is 0. The quantitative estimate of drug-likeness (QED) is 0.210. The summed E-state index contributed by atoms with van der Waals surface area (Å²) in [6.07, 6.45) is 3.71. The lowest BCUT2D eigenvalue weighted by atomic mass is 10.1. The number of hydrogen-bond acceptors (Lipinski definition) is 2. The van der Waals surface area contributed by atoms with Gasteiger partial charge in [0, 0.05) is 50.7 Å². The SMILES string of the molecule is c1cncc(-c2ccc(-n3c4ccccc4c4c5oc6ccc(-n7c8ccccc8c8ccccc87)cc6c5ccc43)cc2)c1. The van der Waals surface area contributed by atoms with Crippen LogP contribution in [0.15, 0.2) is 156 Å². The molecule has 0 bridgehead atoms. The van der Waals surface area contributed by atoms with Crippen molar-refractivity contribution in [1.29, 1.82) is 0 Å². The molecule has 0 aliphatic carbocycles. The van der Waals surface area contributed by atoms with E-state index in [9.17, 15) is 0 Å². The minimum atomic E-state index is 0.889. The fraction of sp³-hybridized carbons (Fsp3) is 0. The number of fused-ring (bicyclic) bond motifs is 10. The fourth-order valence-corrected chi connectivity index (χ4v) is 7.23. The van der Waals surface area contributed by atoms with Gasteiger partial charge in [-0.15, -0.1) is 0 Å². The molecule has 0 amide bonds. The maximum Gasteiger partial charge on any atom is 0.145 e. The highest BCUT2D eigenvalue weighted by Crippen LogP contribution is 2.42. The number of pyridine rings is 1. The Kier molecular flexibility index (Phi) is 4.96. The molecule has 4 heterocycles. The van der Waals surface area contributed by atoms with Crippen molar-refractivity contribution in [3.05, 3.63) is 152 Å². The molecule has 6 aromatic carbocycles. The Balaban J connectivity index is 1.20. The minimum Gasteiger partial charge on any atom is -0.455 e. The maximum absolute atomic E-state index is 6.72. The zero-order chi connectivity index (χ0) is 29.5. The summed E-state index contributed by atoms with van der Waals surface area (Å²) >= 11 is 0. The second-order valence-electron chi connectivity index (χ2n) is 11.6. The first-order valence-corrected chi connectivity index (χ1v) is 15.2. The van der Waals surface area contributed by atoms with Gasteiger partial charge in [-0.3, -0.25) is 4.98 Å². The van der Waals surface area contributed by atoms with Crippen LogP contribution in [0.3, 0.4) is 0 Å². The summed E-state index contributed by atoms with van der Waals surface area (Å²) < 4.78 is 11.4. The number of aromatic nitrogens is 3. The van der Waals surface area contributed by atoms with Crippen LogP contribution in [0, 0.1) is 0 Å². The van der Waals surface area contributed by atoms with Crippen LogP contribution in [0.4, 0.5) is 0 Å². The van der Waals surface area contributed by atoms with Crippen LogP contribution in [0.2, 0.25) is 0 Å². The molecule has 10 aromatic rings. The van der Waals surface area contributed by atoms with Gasteiger partial charge in [0.2, 0.25) is 0 Å². The Labute approximate surface area is 258 Å². The van der Waals surface area contributed by atoms with E-state index in [1.54, 1.807) is 6.20 Å². The van der Waals surface area contributed by atoms with Crippen molar-refractivity contribution in [3.63, 3.8) is 0 Å². The summed E-state index contributed by atoms with van der Waals surface area (Å²) in [5.74, 6) is 0. The van der Waals surface area contributed by atoms with Gasteiger partial charge in [0.05, 0.1) is 27.5 Å². The number of para-hydroxylation sites is 3. The first-order valence-electron chi connectivity index (χ1n) is 15.2. The lowest BCUT2D eigenvalue weighted by Crippen LogP contribution is -1.93. The van der Waals surface area contributed by atoms with Crippen molar-refractivity contribution >= 4 is 65.6 Å². The van der Waals surface area contributed by atoms with Gasteiger partial charge in [0.25, 0.3) is 0 Å². The highest BCUT2D eigenvalue weighted by Gasteiger charge is 2.20. The van der Waals surface area contributed by atoms with Gasteiger partial charge in [-0.2, -0.15) is 0 Å². The van der Waals surface area contributed by atoms with Crippen LogP contribution in [-0.2, 0) is 0 Å². The van der Waals surface area contributed by atoms with Crippen LogP contribution in [0.5, 0.6) is 0 Å². The van der Waals surface area contributed by atoms with Crippen LogP contribution < -0.4 is 0 Å². The summed E-state index contributed by atoms with van der Waals surface area (Å²) in [5.41, 5.74) is 11.0. The van der Waals surface area contributed by atoms with Gasteiger partial charge in [0.1, 0.15) is 11.2 Å². The van der Waals surface area contributed by atoms with Crippen LogP contribution >= 0.6 is 0 Å². The van der Waals surface area contributed by atoms with Crippen molar-refractivity contribution in [3.8, 4) is 22.5 Å². The van der Waals surface area contributed by atoms with Gasteiger partial charge in [0.15, 0.2) is 0 Å². The van der Waals surface area contributed by atoms with Crippen LogP contribution in [-0.4, -0.2) is 14.1 Å². The molecule has 0 spiro atoms. The van der Waals surface area contributed by atoms with Gasteiger partial charge < -0.3 is 13.6 Å². The second kappa shape index (κ2) is 9.18. The van der Waals surface area contributed by atoms with Crippen molar-refractivity contribution < 1.29 is 4.42 Å². The third-order valence-corrected chi connectivity index (χ3v) is 9.21. The van der Waals surface area contributed by atoms with E-state index < -0.39 is 0 Å². The molecule has 0 aliphatic heterocycles. The van der Waals surface area contributed by atoms with E-state index >= 15 is 0 Å². The Morgan fingerprint density at radius 3 is 1.80 bits per heavy atom. The third kappa shape index (κ3) is 3.45. The van der Waals surface area contributed by atoms with E-state index in [1.807, 2.05) is 12.3 Å². The van der Waals surface area contributed by atoms with Gasteiger partial charge >= 0.3 is 0 Å². The van der Waals surface area contributed by atoms with Crippen molar-refractivity contribution in [2.75, 3.05) is 0 Å². The predicted octanol–water partition coefficient (Wildman–Crippen LogP) is 10.8. The predicted molar refractivity (Wildman–Crippen MR) is 186 cm³/mol. The molecule has 0 fully saturated rings. The highest BCUT2D eigenvalue weighted by molar-refractivity contribution is 6.24. The zero-order valence-electron chi connectivity index (χ0n) is 24.2. The number of rotatable bonds is 3. The summed E-state index contributed by atoms with van der Waals surface area (Å²) in [6.45, 7) is 0. The number of hydrogen-bond donors (Lipinski definition) is 0. The van der Waals surface area contributed by atoms with E-state index in [0.29, 0.717) is 0 Å². The fourth-order valence-electron chi connectivity index (χ4n) is 7.23. The first-order chi connectivity index (χ1) is 22.3. The lowest BCUT2D eigenvalue weighted by molar-refractivity contribution is 0.673.